The van der Waals surface area contributed by atoms with Gasteiger partial charge in [-0.3, -0.25) is 0 Å². The Morgan fingerprint density at radius 3 is 2.22 bits per heavy atom. The van der Waals surface area contributed by atoms with E-state index < -0.39 is 5.97 Å². The van der Waals surface area contributed by atoms with Gasteiger partial charge in [0, 0.05) is 4.47 Å². The summed E-state index contributed by atoms with van der Waals surface area (Å²) in [6, 6.07) is 11.5. The number of aryl methyl sites for hydroxylation is 2. The standard InChI is InChI=1S/C15H13BrO2/c1-9-3-4-11(7-10(9)2)12-5-6-14(16)13(8-12)15(17)18/h3-8H,1-2H3,(H,17,18). The molecule has 0 spiro atoms. The monoisotopic (exact) mass is 304 g/mol. The molecule has 2 nitrogen and oxygen atoms in total. The Morgan fingerprint density at radius 1 is 1.00 bits per heavy atom. The van der Waals surface area contributed by atoms with Gasteiger partial charge in [0.2, 0.25) is 0 Å². The summed E-state index contributed by atoms with van der Waals surface area (Å²) in [5.41, 5.74) is 4.67. The minimum Gasteiger partial charge on any atom is -0.478 e. The van der Waals surface area contributed by atoms with Crippen LogP contribution >= 0.6 is 15.9 Å². The molecule has 0 bridgehead atoms. The molecule has 0 radical (unpaired) electrons. The van der Waals surface area contributed by atoms with Crippen molar-refractivity contribution in [3.8, 4) is 11.1 Å². The van der Waals surface area contributed by atoms with Crippen LogP contribution in [0.1, 0.15) is 21.5 Å². The normalized spacial score (nSPS) is 10.4. The zero-order chi connectivity index (χ0) is 13.3. The molecule has 0 atom stereocenters. The van der Waals surface area contributed by atoms with Gasteiger partial charge in [-0.15, -0.1) is 0 Å². The van der Waals surface area contributed by atoms with Crippen LogP contribution in [0.15, 0.2) is 40.9 Å². The maximum Gasteiger partial charge on any atom is 0.336 e. The van der Waals surface area contributed by atoms with Gasteiger partial charge in [-0.2, -0.15) is 0 Å². The Morgan fingerprint density at radius 2 is 1.61 bits per heavy atom. The summed E-state index contributed by atoms with van der Waals surface area (Å²) in [5, 5.41) is 9.11. The first-order chi connectivity index (χ1) is 8.49. The molecule has 2 aromatic carbocycles. The maximum atomic E-state index is 11.1. The SMILES string of the molecule is Cc1ccc(-c2ccc(Br)c(C(=O)O)c2)cc1C. The predicted octanol–water partition coefficient (Wildman–Crippen LogP) is 4.43. The summed E-state index contributed by atoms with van der Waals surface area (Å²) >= 11 is 3.25. The van der Waals surface area contributed by atoms with Crippen LogP contribution in [0.5, 0.6) is 0 Å². The summed E-state index contributed by atoms with van der Waals surface area (Å²) < 4.78 is 0.600. The lowest BCUT2D eigenvalue weighted by Crippen LogP contribution is -1.98. The molecule has 0 aliphatic heterocycles. The number of carboxylic acid groups (broad SMARTS) is 1. The van der Waals surface area contributed by atoms with Gasteiger partial charge in [0.15, 0.2) is 0 Å². The fourth-order valence-electron chi connectivity index (χ4n) is 1.79. The van der Waals surface area contributed by atoms with Crippen molar-refractivity contribution in [1.82, 2.24) is 0 Å². The van der Waals surface area contributed by atoms with E-state index in [0.29, 0.717) is 4.47 Å². The molecule has 92 valence electrons. The van der Waals surface area contributed by atoms with Crippen LogP contribution < -0.4 is 0 Å². The number of halogens is 1. The quantitative estimate of drug-likeness (QED) is 0.891. The fraction of sp³-hybridized carbons (Fsp3) is 0.133. The highest BCUT2D eigenvalue weighted by Crippen LogP contribution is 2.27. The van der Waals surface area contributed by atoms with Crippen molar-refractivity contribution in [2.45, 2.75) is 13.8 Å². The maximum absolute atomic E-state index is 11.1. The van der Waals surface area contributed by atoms with Gasteiger partial charge >= 0.3 is 5.97 Å². The van der Waals surface area contributed by atoms with E-state index in [1.807, 2.05) is 18.2 Å². The highest BCUT2D eigenvalue weighted by atomic mass is 79.9. The fourth-order valence-corrected chi connectivity index (χ4v) is 2.21. The highest BCUT2D eigenvalue weighted by molar-refractivity contribution is 9.10. The van der Waals surface area contributed by atoms with Crippen LogP contribution in [0.3, 0.4) is 0 Å². The number of hydrogen-bond donors (Lipinski definition) is 1. The van der Waals surface area contributed by atoms with Crippen molar-refractivity contribution < 1.29 is 9.90 Å². The van der Waals surface area contributed by atoms with Crippen molar-refractivity contribution in [3.63, 3.8) is 0 Å². The second-order valence-corrected chi connectivity index (χ2v) is 5.15. The third kappa shape index (κ3) is 2.46. The second kappa shape index (κ2) is 4.94. The molecular formula is C15H13BrO2. The van der Waals surface area contributed by atoms with Gasteiger partial charge in [0.05, 0.1) is 5.56 Å². The van der Waals surface area contributed by atoms with E-state index in [0.717, 1.165) is 11.1 Å². The van der Waals surface area contributed by atoms with Crippen molar-refractivity contribution in [3.05, 3.63) is 57.6 Å². The van der Waals surface area contributed by atoms with Crippen LogP contribution in [0.25, 0.3) is 11.1 Å². The molecule has 0 aliphatic rings. The molecule has 2 rings (SSSR count). The first-order valence-corrected chi connectivity index (χ1v) is 6.39. The molecule has 0 saturated heterocycles. The first-order valence-electron chi connectivity index (χ1n) is 5.59. The summed E-state index contributed by atoms with van der Waals surface area (Å²) in [5.74, 6) is -0.924. The van der Waals surface area contributed by atoms with Gasteiger partial charge in [-0.1, -0.05) is 24.3 Å². The van der Waals surface area contributed by atoms with Crippen LogP contribution in [0.2, 0.25) is 0 Å². The third-order valence-corrected chi connectivity index (χ3v) is 3.73. The lowest BCUT2D eigenvalue weighted by molar-refractivity contribution is 0.0696. The largest absolute Gasteiger partial charge is 0.478 e. The Balaban J connectivity index is 2.54. The average molecular weight is 305 g/mol. The number of rotatable bonds is 2. The summed E-state index contributed by atoms with van der Waals surface area (Å²) in [6.07, 6.45) is 0. The van der Waals surface area contributed by atoms with Crippen LogP contribution in [0.4, 0.5) is 0 Å². The summed E-state index contributed by atoms with van der Waals surface area (Å²) in [4.78, 5) is 11.1. The van der Waals surface area contributed by atoms with Crippen LogP contribution in [-0.4, -0.2) is 11.1 Å². The van der Waals surface area contributed by atoms with E-state index in [9.17, 15) is 4.79 Å². The van der Waals surface area contributed by atoms with E-state index in [2.05, 4.69) is 35.8 Å². The Labute approximate surface area is 114 Å². The molecule has 0 fully saturated rings. The molecule has 3 heteroatoms. The van der Waals surface area contributed by atoms with Gasteiger partial charge in [0.25, 0.3) is 0 Å². The predicted molar refractivity (Wildman–Crippen MR) is 76.0 cm³/mol. The molecular weight excluding hydrogens is 292 g/mol. The summed E-state index contributed by atoms with van der Waals surface area (Å²) in [6.45, 7) is 4.11. The molecule has 1 N–H and O–H groups in total. The second-order valence-electron chi connectivity index (χ2n) is 4.30. The lowest BCUT2D eigenvalue weighted by Gasteiger charge is -2.07. The zero-order valence-corrected chi connectivity index (χ0v) is 11.8. The molecule has 0 aliphatic carbocycles. The minimum atomic E-state index is -0.924. The smallest absolute Gasteiger partial charge is 0.336 e. The van der Waals surface area contributed by atoms with E-state index in [-0.39, 0.29) is 5.56 Å². The van der Waals surface area contributed by atoms with E-state index >= 15 is 0 Å². The highest BCUT2D eigenvalue weighted by Gasteiger charge is 2.10. The van der Waals surface area contributed by atoms with Crippen LogP contribution in [0, 0.1) is 13.8 Å². The number of aromatic carboxylic acids is 1. The molecule has 0 saturated carbocycles. The van der Waals surface area contributed by atoms with Crippen molar-refractivity contribution in [2.75, 3.05) is 0 Å². The van der Waals surface area contributed by atoms with Gasteiger partial charge in [-0.25, -0.2) is 4.79 Å². The van der Waals surface area contributed by atoms with Crippen molar-refractivity contribution in [2.24, 2.45) is 0 Å². The van der Waals surface area contributed by atoms with Gasteiger partial charge < -0.3 is 5.11 Å². The molecule has 0 unspecified atom stereocenters. The topological polar surface area (TPSA) is 37.3 Å². The number of hydrogen-bond acceptors (Lipinski definition) is 1. The van der Waals surface area contributed by atoms with E-state index in [1.165, 1.54) is 11.1 Å². The Hall–Kier alpha value is -1.61. The van der Waals surface area contributed by atoms with E-state index in [1.54, 1.807) is 12.1 Å². The molecule has 0 aromatic heterocycles. The average Bonchev–Trinajstić information content (AvgIpc) is 2.33. The van der Waals surface area contributed by atoms with Crippen molar-refractivity contribution in [1.29, 1.82) is 0 Å². The third-order valence-electron chi connectivity index (χ3n) is 3.04. The van der Waals surface area contributed by atoms with E-state index in [4.69, 9.17) is 5.11 Å². The Bertz CT molecular complexity index is 618. The molecule has 0 heterocycles. The molecule has 18 heavy (non-hydrogen) atoms. The Kier molecular flexibility index (Phi) is 3.53. The van der Waals surface area contributed by atoms with Gasteiger partial charge in [-0.05, 0) is 64.2 Å². The molecule has 0 amide bonds. The van der Waals surface area contributed by atoms with Gasteiger partial charge in [0.1, 0.15) is 0 Å². The first kappa shape index (κ1) is 12.8. The summed E-state index contributed by atoms with van der Waals surface area (Å²) in [7, 11) is 0. The number of carboxylic acids is 1. The molecule has 2 aromatic rings. The number of carbonyl (C=O) groups is 1. The van der Waals surface area contributed by atoms with Crippen molar-refractivity contribution >= 4 is 21.9 Å². The van der Waals surface area contributed by atoms with Crippen LogP contribution in [-0.2, 0) is 0 Å². The zero-order valence-electron chi connectivity index (χ0n) is 10.2. The minimum absolute atomic E-state index is 0.283. The number of benzene rings is 2. The lowest BCUT2D eigenvalue weighted by atomic mass is 9.99.